The van der Waals surface area contributed by atoms with Crippen molar-refractivity contribution >= 4 is 22.5 Å². The summed E-state index contributed by atoms with van der Waals surface area (Å²) in [5.41, 5.74) is 9.57. The van der Waals surface area contributed by atoms with E-state index in [1.807, 2.05) is 6.08 Å². The second-order valence-electron chi connectivity index (χ2n) is 5.19. The fraction of sp³-hybridized carbons (Fsp3) is 0.312. The van der Waals surface area contributed by atoms with Crippen LogP contribution in [0.5, 0.6) is 0 Å². The van der Waals surface area contributed by atoms with Gasteiger partial charge in [0, 0.05) is 10.8 Å². The number of aromatic nitrogens is 1. The van der Waals surface area contributed by atoms with Crippen molar-refractivity contribution in [3.8, 4) is 0 Å². The number of nitrogens with zero attached hydrogens (tertiary/aromatic N) is 1. The number of benzene rings is 1. The van der Waals surface area contributed by atoms with Crippen molar-refractivity contribution in [1.29, 1.82) is 0 Å². The van der Waals surface area contributed by atoms with Crippen molar-refractivity contribution in [3.05, 3.63) is 53.0 Å². The summed E-state index contributed by atoms with van der Waals surface area (Å²) in [6, 6.07) is 8.67. The van der Waals surface area contributed by atoms with Crippen LogP contribution in [0.25, 0.3) is 6.08 Å². The zero-order valence-corrected chi connectivity index (χ0v) is 11.7. The van der Waals surface area contributed by atoms with Crippen LogP contribution in [0.3, 0.4) is 0 Å². The Hall–Kier alpha value is -1.61. The summed E-state index contributed by atoms with van der Waals surface area (Å²) < 4.78 is 0. The minimum absolute atomic E-state index is 0.0626. The third-order valence-electron chi connectivity index (χ3n) is 4.14. The Morgan fingerprint density at radius 1 is 1.32 bits per heavy atom. The maximum Gasteiger partial charge on any atom is 0.180 e. The second kappa shape index (κ2) is 4.82. The van der Waals surface area contributed by atoms with Gasteiger partial charge in [0.15, 0.2) is 5.13 Å². The maximum absolute atomic E-state index is 5.83. The zero-order valence-electron chi connectivity index (χ0n) is 10.9. The molecule has 0 atom stereocenters. The molecule has 98 valence electrons. The normalized spacial score (nSPS) is 17.5. The average molecular weight is 270 g/mol. The van der Waals surface area contributed by atoms with Crippen LogP contribution < -0.4 is 5.73 Å². The van der Waals surface area contributed by atoms with Gasteiger partial charge in [-0.05, 0) is 24.0 Å². The molecule has 1 fully saturated rings. The zero-order chi connectivity index (χ0) is 13.3. The molecule has 0 unspecified atom stereocenters. The second-order valence-corrected chi connectivity index (χ2v) is 6.08. The third kappa shape index (κ3) is 2.08. The van der Waals surface area contributed by atoms with Crippen molar-refractivity contribution in [1.82, 2.24) is 4.98 Å². The largest absolute Gasteiger partial charge is 0.375 e. The number of anilines is 1. The molecule has 3 heteroatoms. The molecule has 1 aliphatic rings. The Morgan fingerprint density at radius 2 is 2.11 bits per heavy atom. The molecule has 2 aromatic rings. The fourth-order valence-corrected chi connectivity index (χ4v) is 3.80. The van der Waals surface area contributed by atoms with Gasteiger partial charge in [0.2, 0.25) is 0 Å². The number of thiazole rings is 1. The molecule has 0 spiro atoms. The van der Waals surface area contributed by atoms with Crippen LogP contribution in [0.1, 0.15) is 42.5 Å². The Kier molecular flexibility index (Phi) is 3.15. The first-order chi connectivity index (χ1) is 9.24. The number of hydrogen-bond acceptors (Lipinski definition) is 3. The standard InChI is InChI=1S/C16H18N2S/c1-2-12-6-5-7-13(10-12)16(8-3-4-9-16)14-11-19-15(17)18-14/h2,5-7,10-11H,1,3-4,8-9H2,(H2,17,18). The Labute approximate surface area is 118 Å². The van der Waals surface area contributed by atoms with Crippen LogP contribution in [0.2, 0.25) is 0 Å². The Bertz CT molecular complexity index is 594. The summed E-state index contributed by atoms with van der Waals surface area (Å²) >= 11 is 1.54. The number of hydrogen-bond donors (Lipinski definition) is 1. The van der Waals surface area contributed by atoms with Gasteiger partial charge in [-0.1, -0.05) is 49.8 Å². The van der Waals surface area contributed by atoms with Gasteiger partial charge in [0.25, 0.3) is 0 Å². The molecule has 0 radical (unpaired) electrons. The minimum atomic E-state index is 0.0626. The molecule has 2 nitrogen and oxygen atoms in total. The molecule has 0 bridgehead atoms. The highest BCUT2D eigenvalue weighted by atomic mass is 32.1. The topological polar surface area (TPSA) is 38.9 Å². The molecule has 1 aromatic heterocycles. The summed E-state index contributed by atoms with van der Waals surface area (Å²) in [6.45, 7) is 3.86. The summed E-state index contributed by atoms with van der Waals surface area (Å²) in [5, 5.41) is 2.79. The van der Waals surface area contributed by atoms with Crippen LogP contribution in [-0.2, 0) is 5.41 Å². The lowest BCUT2D eigenvalue weighted by Crippen LogP contribution is -2.24. The smallest absolute Gasteiger partial charge is 0.180 e. The Balaban J connectivity index is 2.12. The van der Waals surface area contributed by atoms with E-state index < -0.39 is 0 Å². The van der Waals surface area contributed by atoms with Gasteiger partial charge in [-0.3, -0.25) is 0 Å². The minimum Gasteiger partial charge on any atom is -0.375 e. The molecule has 1 aromatic carbocycles. The van der Waals surface area contributed by atoms with E-state index in [2.05, 4.69) is 41.2 Å². The van der Waals surface area contributed by atoms with E-state index in [9.17, 15) is 0 Å². The van der Waals surface area contributed by atoms with Gasteiger partial charge in [0.1, 0.15) is 0 Å². The lowest BCUT2D eigenvalue weighted by molar-refractivity contribution is 0.522. The van der Waals surface area contributed by atoms with E-state index in [0.717, 1.165) is 18.5 Å². The molecule has 1 saturated carbocycles. The number of nitrogen functional groups attached to an aromatic ring is 1. The predicted molar refractivity (Wildman–Crippen MR) is 82.3 cm³/mol. The van der Waals surface area contributed by atoms with Crippen molar-refractivity contribution in [2.24, 2.45) is 0 Å². The first-order valence-corrected chi connectivity index (χ1v) is 7.57. The average Bonchev–Trinajstić information content (AvgIpc) is 3.08. The molecule has 3 rings (SSSR count). The summed E-state index contributed by atoms with van der Waals surface area (Å²) in [7, 11) is 0. The van der Waals surface area contributed by atoms with E-state index in [1.165, 1.54) is 24.0 Å². The molecular formula is C16H18N2S. The monoisotopic (exact) mass is 270 g/mol. The summed E-state index contributed by atoms with van der Waals surface area (Å²) in [5.74, 6) is 0. The van der Waals surface area contributed by atoms with Crippen LogP contribution >= 0.6 is 11.3 Å². The van der Waals surface area contributed by atoms with E-state index in [-0.39, 0.29) is 5.41 Å². The lowest BCUT2D eigenvalue weighted by Gasteiger charge is -2.28. The third-order valence-corrected chi connectivity index (χ3v) is 4.82. The highest BCUT2D eigenvalue weighted by Gasteiger charge is 2.39. The van der Waals surface area contributed by atoms with Crippen LogP contribution in [0, 0.1) is 0 Å². The summed E-state index contributed by atoms with van der Waals surface area (Å²) in [6.07, 6.45) is 6.75. The lowest BCUT2D eigenvalue weighted by atomic mass is 9.76. The molecule has 2 N–H and O–H groups in total. The predicted octanol–water partition coefficient (Wildman–Crippen LogP) is 4.23. The molecular weight excluding hydrogens is 252 g/mol. The van der Waals surface area contributed by atoms with Gasteiger partial charge >= 0.3 is 0 Å². The van der Waals surface area contributed by atoms with E-state index in [4.69, 9.17) is 5.73 Å². The van der Waals surface area contributed by atoms with Crippen LogP contribution in [0.15, 0.2) is 36.2 Å². The van der Waals surface area contributed by atoms with Gasteiger partial charge < -0.3 is 5.73 Å². The molecule has 0 aliphatic heterocycles. The van der Waals surface area contributed by atoms with Crippen LogP contribution in [0.4, 0.5) is 5.13 Å². The molecule has 19 heavy (non-hydrogen) atoms. The molecule has 0 amide bonds. The van der Waals surface area contributed by atoms with Gasteiger partial charge in [-0.2, -0.15) is 0 Å². The summed E-state index contributed by atoms with van der Waals surface area (Å²) in [4.78, 5) is 4.57. The highest BCUT2D eigenvalue weighted by Crippen LogP contribution is 2.46. The van der Waals surface area contributed by atoms with Gasteiger partial charge in [0.05, 0.1) is 5.69 Å². The highest BCUT2D eigenvalue weighted by molar-refractivity contribution is 7.13. The first-order valence-electron chi connectivity index (χ1n) is 6.69. The SMILES string of the molecule is C=Cc1cccc(C2(c3csc(N)n3)CCCC2)c1. The van der Waals surface area contributed by atoms with E-state index >= 15 is 0 Å². The van der Waals surface area contributed by atoms with Crippen molar-refractivity contribution in [2.75, 3.05) is 5.73 Å². The van der Waals surface area contributed by atoms with E-state index in [0.29, 0.717) is 5.13 Å². The Morgan fingerprint density at radius 3 is 2.74 bits per heavy atom. The van der Waals surface area contributed by atoms with Crippen molar-refractivity contribution < 1.29 is 0 Å². The number of rotatable bonds is 3. The molecule has 0 saturated heterocycles. The molecule has 1 heterocycles. The van der Waals surface area contributed by atoms with Gasteiger partial charge in [-0.15, -0.1) is 11.3 Å². The number of nitrogens with two attached hydrogens (primary N) is 1. The quantitative estimate of drug-likeness (QED) is 0.906. The molecule has 1 aliphatic carbocycles. The first kappa shape index (κ1) is 12.4. The van der Waals surface area contributed by atoms with E-state index in [1.54, 1.807) is 11.3 Å². The maximum atomic E-state index is 5.83. The van der Waals surface area contributed by atoms with Crippen molar-refractivity contribution in [3.63, 3.8) is 0 Å². The van der Waals surface area contributed by atoms with Gasteiger partial charge in [-0.25, -0.2) is 4.98 Å². The van der Waals surface area contributed by atoms with Crippen molar-refractivity contribution in [2.45, 2.75) is 31.1 Å². The fourth-order valence-electron chi connectivity index (χ4n) is 3.14. The van der Waals surface area contributed by atoms with Crippen LogP contribution in [-0.4, -0.2) is 4.98 Å².